The molecule has 4 heteroatoms. The molecule has 0 radical (unpaired) electrons. The van der Waals surface area contributed by atoms with Crippen LogP contribution in [0.5, 0.6) is 0 Å². The standard InChI is InChI=1S/C11H15NO2S/c1-3-4-5-9-6-7-10(12)11(8-9)15(2,13)14/h4-8H,3,12H2,1-2H3/b5-4+. The second-order valence-corrected chi connectivity index (χ2v) is 5.36. The third-order valence-electron chi connectivity index (χ3n) is 1.98. The van der Waals surface area contributed by atoms with Crippen LogP contribution in [0.4, 0.5) is 5.69 Å². The first kappa shape index (κ1) is 11.8. The van der Waals surface area contributed by atoms with Crippen molar-refractivity contribution in [1.82, 2.24) is 0 Å². The van der Waals surface area contributed by atoms with Crippen molar-refractivity contribution in [1.29, 1.82) is 0 Å². The van der Waals surface area contributed by atoms with Crippen LogP contribution in [0.3, 0.4) is 0 Å². The zero-order valence-electron chi connectivity index (χ0n) is 8.90. The largest absolute Gasteiger partial charge is 0.398 e. The van der Waals surface area contributed by atoms with Gasteiger partial charge in [-0.1, -0.05) is 25.1 Å². The molecule has 0 unspecified atom stereocenters. The molecule has 0 aliphatic carbocycles. The maximum absolute atomic E-state index is 11.4. The summed E-state index contributed by atoms with van der Waals surface area (Å²) >= 11 is 0. The average Bonchev–Trinajstić information content (AvgIpc) is 2.15. The molecule has 2 N–H and O–H groups in total. The number of allylic oxidation sites excluding steroid dienone is 1. The van der Waals surface area contributed by atoms with Crippen molar-refractivity contribution >= 4 is 21.6 Å². The van der Waals surface area contributed by atoms with Crippen LogP contribution in [-0.4, -0.2) is 14.7 Å². The van der Waals surface area contributed by atoms with E-state index in [2.05, 4.69) is 0 Å². The molecule has 82 valence electrons. The summed E-state index contributed by atoms with van der Waals surface area (Å²) in [5, 5.41) is 0. The molecular formula is C11H15NO2S. The van der Waals surface area contributed by atoms with Gasteiger partial charge in [-0.3, -0.25) is 0 Å². The minimum Gasteiger partial charge on any atom is -0.398 e. The topological polar surface area (TPSA) is 60.2 Å². The predicted octanol–water partition coefficient (Wildman–Crippen LogP) is 2.10. The van der Waals surface area contributed by atoms with E-state index >= 15 is 0 Å². The van der Waals surface area contributed by atoms with Crippen LogP contribution < -0.4 is 5.73 Å². The zero-order chi connectivity index (χ0) is 11.5. The number of benzene rings is 1. The summed E-state index contributed by atoms with van der Waals surface area (Å²) in [4.78, 5) is 0.195. The quantitative estimate of drug-likeness (QED) is 0.801. The maximum atomic E-state index is 11.4. The van der Waals surface area contributed by atoms with E-state index in [1.807, 2.05) is 19.1 Å². The van der Waals surface area contributed by atoms with Crippen LogP contribution in [0.25, 0.3) is 6.08 Å². The molecule has 1 rings (SSSR count). The van der Waals surface area contributed by atoms with Gasteiger partial charge in [0.1, 0.15) is 0 Å². The molecular weight excluding hydrogens is 210 g/mol. The Bertz CT molecular complexity index is 475. The third kappa shape index (κ3) is 3.09. The molecule has 0 spiro atoms. The van der Waals surface area contributed by atoms with E-state index in [-0.39, 0.29) is 4.90 Å². The molecule has 15 heavy (non-hydrogen) atoms. The van der Waals surface area contributed by atoms with Gasteiger partial charge in [-0.15, -0.1) is 0 Å². The Morgan fingerprint density at radius 3 is 2.60 bits per heavy atom. The number of hydrogen-bond donors (Lipinski definition) is 1. The van der Waals surface area contributed by atoms with Crippen LogP contribution in [-0.2, 0) is 9.84 Å². The van der Waals surface area contributed by atoms with Crippen molar-refractivity contribution in [3.8, 4) is 0 Å². The van der Waals surface area contributed by atoms with Crippen molar-refractivity contribution in [2.75, 3.05) is 12.0 Å². The summed E-state index contributed by atoms with van der Waals surface area (Å²) in [5.41, 5.74) is 6.75. The highest BCUT2D eigenvalue weighted by Gasteiger charge is 2.11. The second-order valence-electron chi connectivity index (χ2n) is 3.38. The van der Waals surface area contributed by atoms with Gasteiger partial charge < -0.3 is 5.73 Å². The summed E-state index contributed by atoms with van der Waals surface area (Å²) in [6.07, 6.45) is 5.93. The van der Waals surface area contributed by atoms with E-state index in [1.54, 1.807) is 18.2 Å². The summed E-state index contributed by atoms with van der Waals surface area (Å²) in [6.45, 7) is 2.02. The average molecular weight is 225 g/mol. The van der Waals surface area contributed by atoms with Crippen molar-refractivity contribution in [3.63, 3.8) is 0 Å². The second kappa shape index (κ2) is 4.49. The van der Waals surface area contributed by atoms with Gasteiger partial charge in [0.25, 0.3) is 0 Å². The van der Waals surface area contributed by atoms with Gasteiger partial charge in [0.05, 0.1) is 10.6 Å². The number of nitrogens with two attached hydrogens (primary N) is 1. The highest BCUT2D eigenvalue weighted by atomic mass is 32.2. The highest BCUT2D eigenvalue weighted by Crippen LogP contribution is 2.20. The maximum Gasteiger partial charge on any atom is 0.177 e. The van der Waals surface area contributed by atoms with Gasteiger partial charge in [0.2, 0.25) is 0 Å². The van der Waals surface area contributed by atoms with Gasteiger partial charge >= 0.3 is 0 Å². The molecule has 0 amide bonds. The van der Waals surface area contributed by atoms with Crippen molar-refractivity contribution in [3.05, 3.63) is 29.8 Å². The molecule has 0 aromatic heterocycles. The van der Waals surface area contributed by atoms with Gasteiger partial charge in [-0.05, 0) is 24.1 Å². The van der Waals surface area contributed by atoms with E-state index in [9.17, 15) is 8.42 Å². The Balaban J connectivity index is 3.23. The van der Waals surface area contributed by atoms with Gasteiger partial charge in [0.15, 0.2) is 9.84 Å². The normalized spacial score (nSPS) is 12.1. The molecule has 0 fully saturated rings. The van der Waals surface area contributed by atoms with Gasteiger partial charge in [0, 0.05) is 6.26 Å². The van der Waals surface area contributed by atoms with E-state index in [4.69, 9.17) is 5.73 Å². The molecule has 0 atom stereocenters. The molecule has 1 aromatic carbocycles. The fraction of sp³-hybridized carbons (Fsp3) is 0.273. The molecule has 0 saturated carbocycles. The van der Waals surface area contributed by atoms with E-state index in [0.29, 0.717) is 5.69 Å². The first-order valence-electron chi connectivity index (χ1n) is 4.71. The summed E-state index contributed by atoms with van der Waals surface area (Å²) in [7, 11) is -3.24. The Morgan fingerprint density at radius 2 is 2.07 bits per heavy atom. The highest BCUT2D eigenvalue weighted by molar-refractivity contribution is 7.90. The first-order valence-corrected chi connectivity index (χ1v) is 6.60. The first-order chi connectivity index (χ1) is 6.95. The Labute approximate surface area is 90.5 Å². The Kier molecular flexibility index (Phi) is 3.52. The van der Waals surface area contributed by atoms with Gasteiger partial charge in [-0.2, -0.15) is 0 Å². The number of nitrogen functional groups attached to an aromatic ring is 1. The fourth-order valence-electron chi connectivity index (χ4n) is 1.23. The lowest BCUT2D eigenvalue weighted by Crippen LogP contribution is -2.02. The van der Waals surface area contributed by atoms with Crippen LogP contribution >= 0.6 is 0 Å². The van der Waals surface area contributed by atoms with Crippen molar-refractivity contribution < 1.29 is 8.42 Å². The Morgan fingerprint density at radius 1 is 1.40 bits per heavy atom. The SMILES string of the molecule is CC/C=C/c1ccc(N)c(S(C)(=O)=O)c1. The number of anilines is 1. The third-order valence-corrected chi connectivity index (χ3v) is 3.14. The number of sulfone groups is 1. The van der Waals surface area contributed by atoms with Gasteiger partial charge in [-0.25, -0.2) is 8.42 Å². The van der Waals surface area contributed by atoms with Crippen LogP contribution in [0.15, 0.2) is 29.2 Å². The number of rotatable bonds is 3. The smallest absolute Gasteiger partial charge is 0.177 e. The lowest BCUT2D eigenvalue weighted by Gasteiger charge is -2.04. The van der Waals surface area contributed by atoms with E-state index in [0.717, 1.165) is 18.2 Å². The number of hydrogen-bond acceptors (Lipinski definition) is 3. The lowest BCUT2D eigenvalue weighted by molar-refractivity contribution is 0.602. The Hall–Kier alpha value is -1.29. The van der Waals surface area contributed by atoms with Crippen LogP contribution in [0.2, 0.25) is 0 Å². The molecule has 0 saturated heterocycles. The fourth-order valence-corrected chi connectivity index (χ4v) is 2.08. The predicted molar refractivity (Wildman–Crippen MR) is 63.3 cm³/mol. The minimum atomic E-state index is -3.24. The molecule has 3 nitrogen and oxygen atoms in total. The lowest BCUT2D eigenvalue weighted by atomic mass is 10.2. The van der Waals surface area contributed by atoms with E-state index in [1.165, 1.54) is 0 Å². The molecule has 0 aliphatic rings. The summed E-state index contributed by atoms with van der Waals surface area (Å²) in [6, 6.07) is 5.01. The van der Waals surface area contributed by atoms with Crippen LogP contribution in [0, 0.1) is 0 Å². The summed E-state index contributed by atoms with van der Waals surface area (Å²) < 4.78 is 22.8. The van der Waals surface area contributed by atoms with E-state index < -0.39 is 9.84 Å². The van der Waals surface area contributed by atoms with Crippen LogP contribution in [0.1, 0.15) is 18.9 Å². The minimum absolute atomic E-state index is 0.195. The molecule has 0 bridgehead atoms. The van der Waals surface area contributed by atoms with Crippen molar-refractivity contribution in [2.45, 2.75) is 18.2 Å². The molecule has 0 heterocycles. The van der Waals surface area contributed by atoms with Crippen molar-refractivity contribution in [2.24, 2.45) is 0 Å². The molecule has 1 aromatic rings. The zero-order valence-corrected chi connectivity index (χ0v) is 9.71. The molecule has 0 aliphatic heterocycles. The summed E-state index contributed by atoms with van der Waals surface area (Å²) in [5.74, 6) is 0. The monoisotopic (exact) mass is 225 g/mol.